The summed E-state index contributed by atoms with van der Waals surface area (Å²) in [7, 11) is 0. The fraction of sp³-hybridized carbons (Fsp3) is 0. The third-order valence-corrected chi connectivity index (χ3v) is 3.56. The van der Waals surface area contributed by atoms with Crippen LogP contribution in [0.15, 0.2) is 52.8 Å². The minimum atomic E-state index is 0.648. The number of aromatic amines is 1. The Balaban J connectivity index is 1.97. The van der Waals surface area contributed by atoms with E-state index in [1.807, 2.05) is 30.5 Å². The fourth-order valence-electron chi connectivity index (χ4n) is 1.55. The van der Waals surface area contributed by atoms with Crippen molar-refractivity contribution in [3.63, 3.8) is 0 Å². The second kappa shape index (κ2) is 4.39. The summed E-state index contributed by atoms with van der Waals surface area (Å²) in [4.78, 5) is 12.8. The lowest BCUT2D eigenvalue weighted by Gasteiger charge is -1.98. The van der Waals surface area contributed by atoms with E-state index in [2.05, 4.69) is 15.0 Å². The molecule has 3 heterocycles. The highest BCUT2D eigenvalue weighted by atomic mass is 35.5. The summed E-state index contributed by atoms with van der Waals surface area (Å²) in [5.74, 6) is 0. The van der Waals surface area contributed by atoms with Crippen molar-refractivity contribution in [2.45, 2.75) is 9.92 Å². The largest absolute Gasteiger partial charge is 0.345 e. The molecule has 1 N–H and O–H groups in total. The topological polar surface area (TPSA) is 41.6 Å². The molecule has 0 bridgehead atoms. The molecule has 0 aliphatic heterocycles. The molecule has 17 heavy (non-hydrogen) atoms. The number of aromatic nitrogens is 3. The molecule has 0 saturated heterocycles. The van der Waals surface area contributed by atoms with Crippen LogP contribution < -0.4 is 0 Å². The maximum absolute atomic E-state index is 5.80. The normalized spacial score (nSPS) is 10.9. The molecular weight excluding hydrogens is 254 g/mol. The summed E-state index contributed by atoms with van der Waals surface area (Å²) < 4.78 is 0. The van der Waals surface area contributed by atoms with Gasteiger partial charge in [-0.3, -0.25) is 0 Å². The first kappa shape index (κ1) is 10.6. The summed E-state index contributed by atoms with van der Waals surface area (Å²) in [6, 6.07) is 7.71. The Bertz CT molecular complexity index is 648. The summed E-state index contributed by atoms with van der Waals surface area (Å²) >= 11 is 7.39. The zero-order valence-corrected chi connectivity index (χ0v) is 10.3. The fourth-order valence-corrected chi connectivity index (χ4v) is 2.52. The van der Waals surface area contributed by atoms with E-state index in [0.717, 1.165) is 21.0 Å². The van der Waals surface area contributed by atoms with Crippen molar-refractivity contribution in [3.8, 4) is 0 Å². The van der Waals surface area contributed by atoms with E-state index < -0.39 is 0 Å². The van der Waals surface area contributed by atoms with Crippen molar-refractivity contribution >= 4 is 34.4 Å². The van der Waals surface area contributed by atoms with E-state index >= 15 is 0 Å². The number of pyridine rings is 2. The molecule has 0 atom stereocenters. The highest BCUT2D eigenvalue weighted by Gasteiger charge is 2.06. The van der Waals surface area contributed by atoms with Crippen molar-refractivity contribution in [3.05, 3.63) is 47.9 Å². The molecule has 0 fully saturated rings. The second-order valence-corrected chi connectivity index (χ2v) is 4.97. The zero-order chi connectivity index (χ0) is 11.7. The van der Waals surface area contributed by atoms with Gasteiger partial charge < -0.3 is 4.98 Å². The number of fused-ring (bicyclic) bond motifs is 1. The molecule has 3 nitrogen and oxygen atoms in total. The van der Waals surface area contributed by atoms with Crippen LogP contribution in [0.2, 0.25) is 5.02 Å². The van der Waals surface area contributed by atoms with E-state index in [0.29, 0.717) is 5.02 Å². The van der Waals surface area contributed by atoms with Crippen LogP contribution in [0.4, 0.5) is 0 Å². The van der Waals surface area contributed by atoms with Gasteiger partial charge in [-0.2, -0.15) is 0 Å². The molecule has 3 rings (SSSR count). The van der Waals surface area contributed by atoms with Crippen molar-refractivity contribution < 1.29 is 0 Å². The monoisotopic (exact) mass is 261 g/mol. The van der Waals surface area contributed by atoms with Gasteiger partial charge in [-0.1, -0.05) is 23.4 Å². The maximum atomic E-state index is 5.80. The van der Waals surface area contributed by atoms with E-state index in [1.165, 1.54) is 0 Å². The number of halogens is 1. The van der Waals surface area contributed by atoms with Gasteiger partial charge in [-0.15, -0.1) is 0 Å². The second-order valence-electron chi connectivity index (χ2n) is 3.47. The Morgan fingerprint density at radius 1 is 1.18 bits per heavy atom. The molecule has 0 aliphatic rings. The Hall–Kier alpha value is -1.52. The number of nitrogens with one attached hydrogen (secondary N) is 1. The van der Waals surface area contributed by atoms with Gasteiger partial charge in [0.25, 0.3) is 0 Å². The molecule has 0 amide bonds. The van der Waals surface area contributed by atoms with Gasteiger partial charge in [0, 0.05) is 28.9 Å². The molecule has 84 valence electrons. The van der Waals surface area contributed by atoms with Crippen LogP contribution in [0.5, 0.6) is 0 Å². The molecule has 0 aliphatic carbocycles. The van der Waals surface area contributed by atoms with Crippen LogP contribution in [-0.4, -0.2) is 15.0 Å². The molecule has 0 saturated carbocycles. The third-order valence-electron chi connectivity index (χ3n) is 2.33. The molecule has 0 radical (unpaired) electrons. The van der Waals surface area contributed by atoms with Gasteiger partial charge in [-0.25, -0.2) is 9.97 Å². The molecular formula is C12H8ClN3S. The van der Waals surface area contributed by atoms with Gasteiger partial charge in [0.1, 0.15) is 10.7 Å². The molecule has 5 heteroatoms. The van der Waals surface area contributed by atoms with E-state index in [-0.39, 0.29) is 0 Å². The molecule has 3 aromatic heterocycles. The lowest BCUT2D eigenvalue weighted by molar-refractivity contribution is 1.13. The van der Waals surface area contributed by atoms with Crippen LogP contribution in [0.3, 0.4) is 0 Å². The SMILES string of the molecule is Clc1ccc(Sc2c[nH]c3ncccc23)nc1. The van der Waals surface area contributed by atoms with Crippen LogP contribution in [0.25, 0.3) is 11.0 Å². The third kappa shape index (κ3) is 2.14. The summed E-state index contributed by atoms with van der Waals surface area (Å²) in [5.41, 5.74) is 0.893. The minimum Gasteiger partial charge on any atom is -0.345 e. The summed E-state index contributed by atoms with van der Waals surface area (Å²) in [5, 5.41) is 2.67. The van der Waals surface area contributed by atoms with Crippen LogP contribution in [0.1, 0.15) is 0 Å². The average molecular weight is 262 g/mol. The Labute approximate surface area is 107 Å². The highest BCUT2D eigenvalue weighted by molar-refractivity contribution is 7.99. The van der Waals surface area contributed by atoms with Gasteiger partial charge >= 0.3 is 0 Å². The molecule has 0 unspecified atom stereocenters. The number of nitrogens with zero attached hydrogens (tertiary/aromatic N) is 2. The first-order valence-electron chi connectivity index (χ1n) is 5.04. The van der Waals surface area contributed by atoms with Crippen molar-refractivity contribution in [2.75, 3.05) is 0 Å². The van der Waals surface area contributed by atoms with Crippen LogP contribution in [0, 0.1) is 0 Å². The quantitative estimate of drug-likeness (QED) is 0.764. The van der Waals surface area contributed by atoms with Gasteiger partial charge in [0.15, 0.2) is 0 Å². The van der Waals surface area contributed by atoms with E-state index in [4.69, 9.17) is 11.6 Å². The van der Waals surface area contributed by atoms with E-state index in [9.17, 15) is 0 Å². The van der Waals surface area contributed by atoms with Crippen molar-refractivity contribution in [2.24, 2.45) is 0 Å². The van der Waals surface area contributed by atoms with Crippen LogP contribution in [-0.2, 0) is 0 Å². The lowest BCUT2D eigenvalue weighted by atomic mass is 10.3. The summed E-state index contributed by atoms with van der Waals surface area (Å²) in [6.45, 7) is 0. The minimum absolute atomic E-state index is 0.648. The Kier molecular flexibility index (Phi) is 2.74. The van der Waals surface area contributed by atoms with Crippen molar-refractivity contribution in [1.82, 2.24) is 15.0 Å². The van der Waals surface area contributed by atoms with E-state index in [1.54, 1.807) is 24.2 Å². The first-order valence-corrected chi connectivity index (χ1v) is 6.24. The maximum Gasteiger partial charge on any atom is 0.138 e. The molecule has 0 aromatic carbocycles. The Morgan fingerprint density at radius 3 is 2.94 bits per heavy atom. The average Bonchev–Trinajstić information content (AvgIpc) is 2.76. The number of H-pyrrole nitrogens is 1. The first-order chi connectivity index (χ1) is 8.33. The van der Waals surface area contributed by atoms with Gasteiger partial charge in [-0.05, 0) is 24.3 Å². The van der Waals surface area contributed by atoms with Crippen LogP contribution >= 0.6 is 23.4 Å². The Morgan fingerprint density at radius 2 is 2.12 bits per heavy atom. The van der Waals surface area contributed by atoms with Gasteiger partial charge in [0.2, 0.25) is 0 Å². The summed E-state index contributed by atoms with van der Waals surface area (Å²) in [6.07, 6.45) is 5.36. The predicted molar refractivity (Wildman–Crippen MR) is 69.5 cm³/mol. The highest BCUT2D eigenvalue weighted by Crippen LogP contribution is 2.31. The number of rotatable bonds is 2. The smallest absolute Gasteiger partial charge is 0.138 e. The van der Waals surface area contributed by atoms with Crippen molar-refractivity contribution in [1.29, 1.82) is 0 Å². The number of hydrogen-bond donors (Lipinski definition) is 1. The molecule has 3 aromatic rings. The predicted octanol–water partition coefficient (Wildman–Crippen LogP) is 3.76. The number of hydrogen-bond acceptors (Lipinski definition) is 3. The molecule has 0 spiro atoms. The lowest BCUT2D eigenvalue weighted by Crippen LogP contribution is -1.78. The standard InChI is InChI=1S/C12H8ClN3S/c13-8-3-4-11(15-6-8)17-10-7-16-12-9(10)2-1-5-14-12/h1-7H,(H,14,16). The zero-order valence-electron chi connectivity index (χ0n) is 8.72. The van der Waals surface area contributed by atoms with Gasteiger partial charge in [0.05, 0.1) is 5.02 Å².